The molecule has 8 heteroatoms. The Balaban J connectivity index is 1.40. The molecule has 33 heavy (non-hydrogen) atoms. The van der Waals surface area contributed by atoms with Gasteiger partial charge >= 0.3 is 0 Å². The lowest BCUT2D eigenvalue weighted by Gasteiger charge is -2.13. The van der Waals surface area contributed by atoms with Crippen molar-refractivity contribution in [2.75, 3.05) is 11.9 Å². The Kier molecular flexibility index (Phi) is 6.76. The van der Waals surface area contributed by atoms with Crippen LogP contribution in [0.5, 0.6) is 0 Å². The summed E-state index contributed by atoms with van der Waals surface area (Å²) < 4.78 is 5.79. The lowest BCUT2D eigenvalue weighted by atomic mass is 10.1. The van der Waals surface area contributed by atoms with Crippen LogP contribution in [0.15, 0.2) is 73.9 Å². The zero-order valence-corrected chi connectivity index (χ0v) is 20.0. The molecule has 4 rings (SSSR count). The van der Waals surface area contributed by atoms with E-state index in [0.717, 1.165) is 32.7 Å². The van der Waals surface area contributed by atoms with Crippen LogP contribution in [-0.4, -0.2) is 28.5 Å². The second kappa shape index (κ2) is 9.72. The third-order valence-electron chi connectivity index (χ3n) is 4.80. The normalized spacial score (nSPS) is 14.9. The molecule has 1 fully saturated rings. The molecule has 1 saturated heterocycles. The molecule has 2 aromatic carbocycles. The zero-order valence-electron chi connectivity index (χ0n) is 18.4. The van der Waals surface area contributed by atoms with Crippen molar-refractivity contribution in [1.82, 2.24) is 4.90 Å². The van der Waals surface area contributed by atoms with Gasteiger partial charge in [0.2, 0.25) is 5.91 Å². The Bertz CT molecular complexity index is 1240. The summed E-state index contributed by atoms with van der Waals surface area (Å²) in [5.74, 6) is -0.474. The number of benzene rings is 2. The number of carbonyl (C=O) groups is 3. The Morgan fingerprint density at radius 2 is 1.70 bits per heavy atom. The van der Waals surface area contributed by atoms with Crippen LogP contribution in [0, 0.1) is 20.8 Å². The quantitative estimate of drug-likeness (QED) is 0.436. The van der Waals surface area contributed by atoms with Crippen LogP contribution in [0.25, 0.3) is 6.08 Å². The first-order chi connectivity index (χ1) is 15.8. The molecule has 1 aromatic heterocycles. The van der Waals surface area contributed by atoms with Gasteiger partial charge in [-0.3, -0.25) is 19.3 Å². The highest BCUT2D eigenvalue weighted by atomic mass is 32.2. The van der Waals surface area contributed by atoms with Crippen LogP contribution in [0.1, 0.15) is 22.5 Å². The standard InChI is InChI=1S/C25H22N2O4S2/c1-15-4-7-20(8-5-15)32-23-9-6-19(31-23)13-21-24(29)27(25(30)33-21)14-22(28)26-18-11-16(2)10-17(3)12-18/h4-13H,14H2,1-3H3,(H,26,28)/b21-13-. The van der Waals surface area contributed by atoms with Gasteiger partial charge in [-0.25, -0.2) is 0 Å². The zero-order chi connectivity index (χ0) is 23.5. The van der Waals surface area contributed by atoms with Crippen LogP contribution < -0.4 is 5.32 Å². The fraction of sp³-hybridized carbons (Fsp3) is 0.160. The molecule has 0 atom stereocenters. The van der Waals surface area contributed by atoms with Crippen molar-refractivity contribution < 1.29 is 18.8 Å². The first kappa shape index (κ1) is 22.9. The highest BCUT2D eigenvalue weighted by Gasteiger charge is 2.36. The van der Waals surface area contributed by atoms with Gasteiger partial charge in [0.05, 0.1) is 4.91 Å². The number of hydrogen-bond acceptors (Lipinski definition) is 6. The maximum atomic E-state index is 12.7. The largest absolute Gasteiger partial charge is 0.450 e. The number of carbonyl (C=O) groups excluding carboxylic acids is 3. The van der Waals surface area contributed by atoms with Crippen LogP contribution in [0.2, 0.25) is 0 Å². The van der Waals surface area contributed by atoms with E-state index < -0.39 is 17.1 Å². The average molecular weight is 479 g/mol. The number of imide groups is 1. The second-order valence-corrected chi connectivity index (χ2v) is 9.84. The van der Waals surface area contributed by atoms with E-state index in [2.05, 4.69) is 5.32 Å². The molecule has 0 spiro atoms. The minimum Gasteiger partial charge on any atom is -0.450 e. The number of amides is 3. The van der Waals surface area contributed by atoms with E-state index in [1.165, 1.54) is 23.4 Å². The van der Waals surface area contributed by atoms with Gasteiger partial charge in [-0.1, -0.05) is 35.5 Å². The number of aryl methyl sites for hydroxylation is 3. The van der Waals surface area contributed by atoms with Gasteiger partial charge in [0.25, 0.3) is 11.1 Å². The number of thioether (sulfide) groups is 1. The van der Waals surface area contributed by atoms with Crippen molar-refractivity contribution in [1.29, 1.82) is 0 Å². The highest BCUT2D eigenvalue weighted by Crippen LogP contribution is 2.34. The highest BCUT2D eigenvalue weighted by molar-refractivity contribution is 8.18. The number of nitrogens with zero attached hydrogens (tertiary/aromatic N) is 1. The molecule has 1 aliphatic heterocycles. The molecular weight excluding hydrogens is 456 g/mol. The third-order valence-corrected chi connectivity index (χ3v) is 6.63. The van der Waals surface area contributed by atoms with E-state index in [4.69, 9.17) is 4.42 Å². The summed E-state index contributed by atoms with van der Waals surface area (Å²) in [5.41, 5.74) is 3.84. The molecule has 6 nitrogen and oxygen atoms in total. The maximum Gasteiger partial charge on any atom is 0.294 e. The molecule has 2 heterocycles. The fourth-order valence-corrected chi connectivity index (χ4v) is 4.94. The molecule has 1 aliphatic rings. The first-order valence-corrected chi connectivity index (χ1v) is 11.9. The molecule has 168 valence electrons. The second-order valence-electron chi connectivity index (χ2n) is 7.76. The van der Waals surface area contributed by atoms with E-state index in [0.29, 0.717) is 16.5 Å². The van der Waals surface area contributed by atoms with E-state index in [1.54, 1.807) is 6.07 Å². The van der Waals surface area contributed by atoms with Gasteiger partial charge in [-0.15, -0.1) is 0 Å². The van der Waals surface area contributed by atoms with E-state index in [1.807, 2.05) is 69.3 Å². The van der Waals surface area contributed by atoms with Gasteiger partial charge < -0.3 is 9.73 Å². The lowest BCUT2D eigenvalue weighted by Crippen LogP contribution is -2.36. The first-order valence-electron chi connectivity index (χ1n) is 10.2. The van der Waals surface area contributed by atoms with Crippen molar-refractivity contribution in [3.63, 3.8) is 0 Å². The summed E-state index contributed by atoms with van der Waals surface area (Å²) in [6.45, 7) is 5.55. The third kappa shape index (κ3) is 5.77. The maximum absolute atomic E-state index is 12.7. The van der Waals surface area contributed by atoms with Gasteiger partial charge in [0.1, 0.15) is 12.3 Å². The number of nitrogens with one attached hydrogen (secondary N) is 1. The van der Waals surface area contributed by atoms with Gasteiger partial charge in [-0.05, 0) is 80.1 Å². The Hall–Kier alpha value is -3.23. The molecule has 3 amide bonds. The number of hydrogen-bond donors (Lipinski definition) is 1. The predicted octanol–water partition coefficient (Wildman–Crippen LogP) is 6.03. The Labute approximate surface area is 200 Å². The van der Waals surface area contributed by atoms with Crippen LogP contribution in [0.3, 0.4) is 0 Å². The summed E-state index contributed by atoms with van der Waals surface area (Å²) in [6, 6.07) is 17.3. The molecule has 0 unspecified atom stereocenters. The average Bonchev–Trinajstić information content (AvgIpc) is 3.28. The monoisotopic (exact) mass is 478 g/mol. The summed E-state index contributed by atoms with van der Waals surface area (Å²) in [5, 5.41) is 2.95. The molecule has 0 radical (unpaired) electrons. The smallest absolute Gasteiger partial charge is 0.294 e. The van der Waals surface area contributed by atoms with Gasteiger partial charge in [-0.2, -0.15) is 0 Å². The van der Waals surface area contributed by atoms with Crippen molar-refractivity contribution >= 4 is 52.3 Å². The van der Waals surface area contributed by atoms with Crippen molar-refractivity contribution in [3.05, 3.63) is 82.0 Å². The van der Waals surface area contributed by atoms with E-state index >= 15 is 0 Å². The summed E-state index contributed by atoms with van der Waals surface area (Å²) >= 11 is 2.27. The lowest BCUT2D eigenvalue weighted by molar-refractivity contribution is -0.127. The SMILES string of the molecule is Cc1ccc(Sc2ccc(/C=C3\SC(=O)N(CC(=O)Nc4cc(C)cc(C)c4)C3=O)o2)cc1. The number of anilines is 1. The van der Waals surface area contributed by atoms with Gasteiger partial charge in [0.15, 0.2) is 5.09 Å². The number of furan rings is 1. The van der Waals surface area contributed by atoms with Crippen LogP contribution >= 0.6 is 23.5 Å². The summed E-state index contributed by atoms with van der Waals surface area (Å²) in [4.78, 5) is 39.7. The summed E-state index contributed by atoms with van der Waals surface area (Å²) in [6.07, 6.45) is 1.53. The van der Waals surface area contributed by atoms with E-state index in [-0.39, 0.29) is 11.4 Å². The molecule has 3 aromatic rings. The summed E-state index contributed by atoms with van der Waals surface area (Å²) in [7, 11) is 0. The van der Waals surface area contributed by atoms with Crippen LogP contribution in [-0.2, 0) is 9.59 Å². The number of rotatable bonds is 6. The molecule has 0 saturated carbocycles. The fourth-order valence-electron chi connectivity index (χ4n) is 3.35. The minimum absolute atomic E-state index is 0.223. The molecule has 1 N–H and O–H groups in total. The molecule has 0 bridgehead atoms. The molecular formula is C25H22N2O4S2. The van der Waals surface area contributed by atoms with E-state index in [9.17, 15) is 14.4 Å². The van der Waals surface area contributed by atoms with Crippen molar-refractivity contribution in [2.45, 2.75) is 30.8 Å². The van der Waals surface area contributed by atoms with Crippen molar-refractivity contribution in [2.24, 2.45) is 0 Å². The predicted molar refractivity (Wildman–Crippen MR) is 131 cm³/mol. The Morgan fingerprint density at radius 3 is 2.39 bits per heavy atom. The Morgan fingerprint density at radius 1 is 1.00 bits per heavy atom. The molecule has 0 aliphatic carbocycles. The van der Waals surface area contributed by atoms with Crippen LogP contribution in [0.4, 0.5) is 10.5 Å². The minimum atomic E-state index is -0.510. The van der Waals surface area contributed by atoms with Crippen molar-refractivity contribution in [3.8, 4) is 0 Å². The van der Waals surface area contributed by atoms with Gasteiger partial charge in [0, 0.05) is 16.7 Å². The topological polar surface area (TPSA) is 79.6 Å².